The maximum Gasteiger partial charge on any atom is 0.290 e. The second kappa shape index (κ2) is 7.15. The zero-order chi connectivity index (χ0) is 17.9. The molecule has 1 aliphatic carbocycles. The quantitative estimate of drug-likeness (QED) is 0.624. The number of aromatic amines is 3. The van der Waals surface area contributed by atoms with Crippen LogP contribution in [0.3, 0.4) is 0 Å². The number of nitrogens with one attached hydrogen (secondary N) is 3. The summed E-state index contributed by atoms with van der Waals surface area (Å²) in [7, 11) is 0. The third-order valence-electron chi connectivity index (χ3n) is 4.91. The van der Waals surface area contributed by atoms with E-state index in [0.717, 1.165) is 6.42 Å². The summed E-state index contributed by atoms with van der Waals surface area (Å²) in [5.41, 5.74) is 0.258. The minimum absolute atomic E-state index is 0.193. The molecular weight excluding hydrogens is 334 g/mol. The first-order valence-electron chi connectivity index (χ1n) is 8.95. The lowest BCUT2D eigenvalue weighted by Gasteiger charge is -2.21. The average molecular weight is 355 g/mol. The number of nitrogens with zero attached hydrogens (tertiary/aromatic N) is 2. The molecule has 1 aliphatic rings. The van der Waals surface area contributed by atoms with E-state index in [4.69, 9.17) is 4.74 Å². The number of pyridine rings is 1. The van der Waals surface area contributed by atoms with E-state index in [0.29, 0.717) is 35.1 Å². The number of aromatic nitrogens is 5. The maximum atomic E-state index is 12.0. The molecule has 0 bridgehead atoms. The first-order chi connectivity index (χ1) is 12.7. The minimum Gasteiger partial charge on any atom is -0.484 e. The molecule has 3 N–H and O–H groups in total. The number of rotatable bonds is 6. The van der Waals surface area contributed by atoms with Gasteiger partial charge in [-0.3, -0.25) is 9.59 Å². The Hall–Kier alpha value is -2.90. The van der Waals surface area contributed by atoms with Crippen LogP contribution in [0.2, 0.25) is 0 Å². The third kappa shape index (κ3) is 3.54. The van der Waals surface area contributed by atoms with Crippen LogP contribution in [-0.4, -0.2) is 31.0 Å². The number of hydrogen-bond acceptors (Lipinski definition) is 5. The molecule has 8 heteroatoms. The summed E-state index contributed by atoms with van der Waals surface area (Å²) >= 11 is 0. The molecule has 8 nitrogen and oxygen atoms in total. The van der Waals surface area contributed by atoms with Crippen LogP contribution >= 0.6 is 0 Å². The highest BCUT2D eigenvalue weighted by Crippen LogP contribution is 2.30. The van der Waals surface area contributed by atoms with Crippen molar-refractivity contribution < 1.29 is 4.74 Å². The van der Waals surface area contributed by atoms with E-state index >= 15 is 0 Å². The first-order valence-corrected chi connectivity index (χ1v) is 8.95. The predicted molar refractivity (Wildman–Crippen MR) is 96.3 cm³/mol. The van der Waals surface area contributed by atoms with Gasteiger partial charge >= 0.3 is 0 Å². The van der Waals surface area contributed by atoms with E-state index in [1.54, 1.807) is 18.3 Å². The molecule has 26 heavy (non-hydrogen) atoms. The summed E-state index contributed by atoms with van der Waals surface area (Å²) in [5.74, 6) is 1.54. The van der Waals surface area contributed by atoms with Gasteiger partial charge in [-0.25, -0.2) is 9.97 Å². The fraction of sp³-hybridized carbons (Fsp3) is 0.444. The topological polar surface area (TPSA) is 117 Å². The van der Waals surface area contributed by atoms with Crippen LogP contribution in [0.25, 0.3) is 11.2 Å². The number of hydrogen-bond donors (Lipinski definition) is 3. The van der Waals surface area contributed by atoms with Crippen LogP contribution in [0.1, 0.15) is 37.9 Å². The van der Waals surface area contributed by atoms with Crippen molar-refractivity contribution in [2.75, 3.05) is 0 Å². The summed E-state index contributed by atoms with van der Waals surface area (Å²) in [6.07, 6.45) is 8.93. The zero-order valence-electron chi connectivity index (χ0n) is 14.3. The Kier molecular flexibility index (Phi) is 4.55. The third-order valence-corrected chi connectivity index (χ3v) is 4.91. The SMILES string of the molecule is O=c1[nH]cccc1OC(Cc1nc2nc[nH]c(=O)c2[nH]1)CC1CCCC1. The van der Waals surface area contributed by atoms with Crippen molar-refractivity contribution in [3.63, 3.8) is 0 Å². The van der Waals surface area contributed by atoms with Crippen molar-refractivity contribution in [2.24, 2.45) is 5.92 Å². The van der Waals surface area contributed by atoms with Crippen molar-refractivity contribution in [1.82, 2.24) is 24.9 Å². The van der Waals surface area contributed by atoms with Gasteiger partial charge in [-0.15, -0.1) is 0 Å². The van der Waals surface area contributed by atoms with Gasteiger partial charge in [0.2, 0.25) is 0 Å². The van der Waals surface area contributed by atoms with Crippen LogP contribution in [0.15, 0.2) is 34.2 Å². The van der Waals surface area contributed by atoms with Gasteiger partial charge in [0.1, 0.15) is 11.9 Å². The molecule has 0 saturated heterocycles. The molecule has 1 unspecified atom stereocenters. The minimum atomic E-state index is -0.249. The van der Waals surface area contributed by atoms with Gasteiger partial charge in [-0.2, -0.15) is 0 Å². The Bertz CT molecular complexity index is 999. The Morgan fingerprint density at radius 2 is 2.04 bits per heavy atom. The highest BCUT2D eigenvalue weighted by Gasteiger charge is 2.24. The molecule has 0 aromatic carbocycles. The largest absolute Gasteiger partial charge is 0.484 e. The van der Waals surface area contributed by atoms with E-state index in [-0.39, 0.29) is 17.2 Å². The number of H-pyrrole nitrogens is 3. The molecule has 3 heterocycles. The van der Waals surface area contributed by atoms with Crippen molar-refractivity contribution in [3.8, 4) is 5.75 Å². The molecule has 136 valence electrons. The molecule has 1 fully saturated rings. The van der Waals surface area contributed by atoms with Gasteiger partial charge < -0.3 is 19.7 Å². The van der Waals surface area contributed by atoms with E-state index in [9.17, 15) is 9.59 Å². The summed E-state index contributed by atoms with van der Waals surface area (Å²) in [6, 6.07) is 3.42. The standard InChI is InChI=1S/C18H21N5O3/c24-17-13(6-3-7-19-17)26-12(8-11-4-1-2-5-11)9-14-22-15-16(23-14)20-10-21-18(15)25/h3,6-7,10-12H,1-2,4-5,8-9H2,(H,19,24)(H2,20,21,22,23,25). The van der Waals surface area contributed by atoms with E-state index in [1.165, 1.54) is 32.0 Å². The van der Waals surface area contributed by atoms with Crippen LogP contribution in [0, 0.1) is 5.92 Å². The lowest BCUT2D eigenvalue weighted by Crippen LogP contribution is -2.26. The van der Waals surface area contributed by atoms with Gasteiger partial charge in [0.05, 0.1) is 6.33 Å². The second-order valence-electron chi connectivity index (χ2n) is 6.81. The molecule has 4 rings (SSSR count). The molecule has 0 radical (unpaired) electrons. The number of fused-ring (bicyclic) bond motifs is 1. The highest BCUT2D eigenvalue weighted by atomic mass is 16.5. The Morgan fingerprint density at radius 3 is 2.81 bits per heavy atom. The monoisotopic (exact) mass is 355 g/mol. The lowest BCUT2D eigenvalue weighted by molar-refractivity contribution is 0.163. The molecule has 1 atom stereocenters. The number of ether oxygens (including phenoxy) is 1. The molecule has 1 saturated carbocycles. The summed E-state index contributed by atoms with van der Waals surface area (Å²) in [5, 5.41) is 0. The Balaban J connectivity index is 1.58. The fourth-order valence-electron chi connectivity index (χ4n) is 3.67. The summed E-state index contributed by atoms with van der Waals surface area (Å²) in [6.45, 7) is 0. The van der Waals surface area contributed by atoms with Gasteiger partial charge in [0.15, 0.2) is 16.9 Å². The van der Waals surface area contributed by atoms with Crippen molar-refractivity contribution in [1.29, 1.82) is 0 Å². The van der Waals surface area contributed by atoms with Crippen molar-refractivity contribution in [2.45, 2.75) is 44.6 Å². The second-order valence-corrected chi connectivity index (χ2v) is 6.81. The molecule has 3 aromatic heterocycles. The predicted octanol–water partition coefficient (Wildman–Crippen LogP) is 1.90. The number of imidazole rings is 1. The van der Waals surface area contributed by atoms with Crippen molar-refractivity contribution >= 4 is 11.2 Å². The lowest BCUT2D eigenvalue weighted by atomic mass is 9.98. The van der Waals surface area contributed by atoms with Gasteiger partial charge in [0.25, 0.3) is 11.1 Å². The smallest absolute Gasteiger partial charge is 0.290 e. The normalized spacial score (nSPS) is 16.2. The summed E-state index contributed by atoms with van der Waals surface area (Å²) in [4.78, 5) is 40.5. The van der Waals surface area contributed by atoms with Gasteiger partial charge in [-0.05, 0) is 24.5 Å². The van der Waals surface area contributed by atoms with Crippen LogP contribution in [-0.2, 0) is 6.42 Å². The Morgan fingerprint density at radius 1 is 1.19 bits per heavy atom. The van der Waals surface area contributed by atoms with Gasteiger partial charge in [-0.1, -0.05) is 25.7 Å². The molecule has 0 spiro atoms. The fourth-order valence-corrected chi connectivity index (χ4v) is 3.67. The van der Waals surface area contributed by atoms with Crippen LogP contribution in [0.5, 0.6) is 5.75 Å². The van der Waals surface area contributed by atoms with E-state index in [1.807, 2.05) is 0 Å². The van der Waals surface area contributed by atoms with Crippen molar-refractivity contribution in [3.05, 3.63) is 51.2 Å². The first kappa shape index (κ1) is 16.6. The highest BCUT2D eigenvalue weighted by molar-refractivity contribution is 5.68. The zero-order valence-corrected chi connectivity index (χ0v) is 14.3. The summed E-state index contributed by atoms with van der Waals surface area (Å²) < 4.78 is 6.03. The molecular formula is C18H21N5O3. The Labute approximate surface area is 149 Å². The maximum absolute atomic E-state index is 12.0. The van der Waals surface area contributed by atoms with Crippen LogP contribution < -0.4 is 15.9 Å². The molecule has 0 amide bonds. The van der Waals surface area contributed by atoms with Gasteiger partial charge in [0, 0.05) is 12.6 Å². The van der Waals surface area contributed by atoms with Crippen LogP contribution in [0.4, 0.5) is 0 Å². The molecule has 0 aliphatic heterocycles. The van der Waals surface area contributed by atoms with E-state index < -0.39 is 0 Å². The average Bonchev–Trinajstić information content (AvgIpc) is 3.27. The molecule has 3 aromatic rings. The van der Waals surface area contributed by atoms with E-state index in [2.05, 4.69) is 24.9 Å².